The summed E-state index contributed by atoms with van der Waals surface area (Å²) in [5.74, 6) is -1.50. The van der Waals surface area contributed by atoms with E-state index in [-0.39, 0.29) is 18.1 Å². The molecule has 18 heavy (non-hydrogen) atoms. The lowest BCUT2D eigenvalue weighted by molar-refractivity contribution is 0.0690. The van der Waals surface area contributed by atoms with Gasteiger partial charge in [-0.25, -0.2) is 14.2 Å². The highest BCUT2D eigenvalue weighted by molar-refractivity contribution is 5.84. The molecular formula is C12H9FN2O3. The molecular weight excluding hydrogens is 239 g/mol. The fourth-order valence-corrected chi connectivity index (χ4v) is 1.25. The number of benzene rings is 1. The molecule has 0 amide bonds. The predicted molar refractivity (Wildman–Crippen MR) is 59.7 cm³/mol. The SMILES string of the molecule is O=C(O)c1cnc(COc2ccccc2F)cn1. The smallest absolute Gasteiger partial charge is 0.356 e. The number of hydrogen-bond donors (Lipinski definition) is 1. The molecule has 92 valence electrons. The summed E-state index contributed by atoms with van der Waals surface area (Å²) in [6.45, 7) is 0.0217. The molecule has 1 N–H and O–H groups in total. The van der Waals surface area contributed by atoms with Crippen molar-refractivity contribution in [1.29, 1.82) is 0 Å². The molecule has 0 spiro atoms. The standard InChI is InChI=1S/C12H9FN2O3/c13-9-3-1-2-4-11(9)18-7-8-5-15-10(6-14-8)12(16)17/h1-6H,7H2,(H,16,17). The second-order valence-electron chi connectivity index (χ2n) is 3.42. The Morgan fingerprint density at radius 3 is 2.67 bits per heavy atom. The van der Waals surface area contributed by atoms with E-state index in [4.69, 9.17) is 9.84 Å². The number of carboxylic acid groups (broad SMARTS) is 1. The second kappa shape index (κ2) is 5.22. The molecule has 0 aliphatic heterocycles. The monoisotopic (exact) mass is 248 g/mol. The van der Waals surface area contributed by atoms with Gasteiger partial charge in [-0.1, -0.05) is 12.1 Å². The average Bonchev–Trinajstić information content (AvgIpc) is 2.38. The maximum atomic E-state index is 13.2. The maximum Gasteiger partial charge on any atom is 0.356 e. The van der Waals surface area contributed by atoms with Crippen LogP contribution in [0.1, 0.15) is 16.2 Å². The van der Waals surface area contributed by atoms with Crippen LogP contribution in [0, 0.1) is 5.82 Å². The molecule has 5 nitrogen and oxygen atoms in total. The van der Waals surface area contributed by atoms with Crippen molar-refractivity contribution in [3.8, 4) is 5.75 Å². The van der Waals surface area contributed by atoms with Crippen molar-refractivity contribution in [3.63, 3.8) is 0 Å². The van der Waals surface area contributed by atoms with Crippen molar-refractivity contribution in [2.24, 2.45) is 0 Å². The Labute approximate surface area is 102 Å². The third kappa shape index (κ3) is 2.79. The summed E-state index contributed by atoms with van der Waals surface area (Å²) in [7, 11) is 0. The summed E-state index contributed by atoms with van der Waals surface area (Å²) in [5.41, 5.74) is 0.271. The molecule has 0 unspecified atom stereocenters. The van der Waals surface area contributed by atoms with Gasteiger partial charge in [0.1, 0.15) is 6.61 Å². The molecule has 2 aromatic rings. The van der Waals surface area contributed by atoms with E-state index in [0.29, 0.717) is 5.69 Å². The molecule has 1 aromatic carbocycles. The molecule has 0 bridgehead atoms. The number of rotatable bonds is 4. The van der Waals surface area contributed by atoms with Crippen molar-refractivity contribution >= 4 is 5.97 Å². The Balaban J connectivity index is 2.02. The lowest BCUT2D eigenvalue weighted by atomic mass is 10.3. The van der Waals surface area contributed by atoms with Crippen LogP contribution in [-0.4, -0.2) is 21.0 Å². The molecule has 1 heterocycles. The van der Waals surface area contributed by atoms with Crippen LogP contribution in [0.2, 0.25) is 0 Å². The van der Waals surface area contributed by atoms with Crippen molar-refractivity contribution in [3.05, 3.63) is 53.9 Å². The summed E-state index contributed by atoms with van der Waals surface area (Å²) in [4.78, 5) is 18.1. The van der Waals surface area contributed by atoms with Crippen LogP contribution in [0.5, 0.6) is 5.75 Å². The zero-order valence-electron chi connectivity index (χ0n) is 9.21. The van der Waals surface area contributed by atoms with Gasteiger partial charge in [-0.15, -0.1) is 0 Å². The molecule has 2 rings (SSSR count). The largest absolute Gasteiger partial charge is 0.484 e. The van der Waals surface area contributed by atoms with Crippen molar-refractivity contribution in [2.75, 3.05) is 0 Å². The Kier molecular flexibility index (Phi) is 3.47. The van der Waals surface area contributed by atoms with Gasteiger partial charge in [0.2, 0.25) is 0 Å². The van der Waals surface area contributed by atoms with Gasteiger partial charge in [0.25, 0.3) is 0 Å². The Hall–Kier alpha value is -2.50. The molecule has 0 saturated heterocycles. The van der Waals surface area contributed by atoms with Gasteiger partial charge in [-0.05, 0) is 12.1 Å². The highest BCUT2D eigenvalue weighted by atomic mass is 19.1. The van der Waals surface area contributed by atoms with Gasteiger partial charge >= 0.3 is 5.97 Å². The summed E-state index contributed by atoms with van der Waals surface area (Å²) in [5, 5.41) is 8.64. The number of halogens is 1. The first-order valence-electron chi connectivity index (χ1n) is 5.08. The number of ether oxygens (including phenoxy) is 1. The predicted octanol–water partition coefficient (Wildman–Crippen LogP) is 1.89. The van der Waals surface area contributed by atoms with Crippen molar-refractivity contribution in [2.45, 2.75) is 6.61 Å². The molecule has 0 radical (unpaired) electrons. The minimum Gasteiger partial charge on any atom is -0.484 e. The van der Waals surface area contributed by atoms with Gasteiger partial charge < -0.3 is 9.84 Å². The van der Waals surface area contributed by atoms with Gasteiger partial charge in [0.15, 0.2) is 17.3 Å². The molecule has 0 fully saturated rings. The zero-order valence-corrected chi connectivity index (χ0v) is 9.21. The molecule has 0 aliphatic rings. The van der Waals surface area contributed by atoms with Gasteiger partial charge in [0, 0.05) is 0 Å². The second-order valence-corrected chi connectivity index (χ2v) is 3.42. The highest BCUT2D eigenvalue weighted by Gasteiger charge is 2.06. The minimum absolute atomic E-state index is 0.0217. The van der Waals surface area contributed by atoms with Crippen LogP contribution < -0.4 is 4.74 Å². The number of carboxylic acids is 1. The average molecular weight is 248 g/mol. The summed E-state index contributed by atoms with van der Waals surface area (Å²) < 4.78 is 18.4. The number of para-hydroxylation sites is 1. The van der Waals surface area contributed by atoms with Crippen molar-refractivity contribution < 1.29 is 19.0 Å². The number of aromatic carboxylic acids is 1. The van der Waals surface area contributed by atoms with E-state index in [1.54, 1.807) is 12.1 Å². The first kappa shape index (κ1) is 12.0. The number of aromatic nitrogens is 2. The van der Waals surface area contributed by atoms with Crippen molar-refractivity contribution in [1.82, 2.24) is 9.97 Å². The van der Waals surface area contributed by atoms with Crippen LogP contribution in [0.15, 0.2) is 36.7 Å². The fourth-order valence-electron chi connectivity index (χ4n) is 1.25. The summed E-state index contributed by atoms with van der Waals surface area (Å²) >= 11 is 0. The minimum atomic E-state index is -1.15. The Morgan fingerprint density at radius 1 is 1.28 bits per heavy atom. The first-order chi connectivity index (χ1) is 8.66. The first-order valence-corrected chi connectivity index (χ1v) is 5.08. The zero-order chi connectivity index (χ0) is 13.0. The van der Waals surface area contributed by atoms with Gasteiger partial charge in [-0.3, -0.25) is 4.98 Å². The third-order valence-corrected chi connectivity index (χ3v) is 2.14. The number of hydrogen-bond acceptors (Lipinski definition) is 4. The van der Waals surface area contributed by atoms with Gasteiger partial charge in [-0.2, -0.15) is 0 Å². The van der Waals surface area contributed by atoms with Gasteiger partial charge in [0.05, 0.1) is 18.1 Å². The molecule has 1 aromatic heterocycles. The Morgan fingerprint density at radius 2 is 2.06 bits per heavy atom. The van der Waals surface area contributed by atoms with Crippen LogP contribution >= 0.6 is 0 Å². The van der Waals surface area contributed by atoms with E-state index < -0.39 is 11.8 Å². The van der Waals surface area contributed by atoms with E-state index in [1.807, 2.05) is 0 Å². The van der Waals surface area contributed by atoms with Crippen LogP contribution in [0.25, 0.3) is 0 Å². The Bertz CT molecular complexity index is 558. The maximum absolute atomic E-state index is 13.2. The summed E-state index contributed by atoms with van der Waals surface area (Å²) in [6, 6.07) is 5.99. The van der Waals surface area contributed by atoms with E-state index in [0.717, 1.165) is 6.20 Å². The molecule has 0 saturated carbocycles. The molecule has 0 aliphatic carbocycles. The van der Waals surface area contributed by atoms with E-state index in [1.165, 1.54) is 18.3 Å². The normalized spacial score (nSPS) is 10.1. The third-order valence-electron chi connectivity index (χ3n) is 2.14. The van der Waals surface area contributed by atoms with Crippen LogP contribution in [0.4, 0.5) is 4.39 Å². The lowest BCUT2D eigenvalue weighted by Gasteiger charge is -2.06. The number of carbonyl (C=O) groups is 1. The lowest BCUT2D eigenvalue weighted by Crippen LogP contribution is -2.05. The highest BCUT2D eigenvalue weighted by Crippen LogP contribution is 2.16. The quantitative estimate of drug-likeness (QED) is 0.894. The van der Waals surface area contributed by atoms with Crippen LogP contribution in [-0.2, 0) is 6.61 Å². The summed E-state index contributed by atoms with van der Waals surface area (Å²) in [6.07, 6.45) is 2.41. The van der Waals surface area contributed by atoms with Crippen LogP contribution in [0.3, 0.4) is 0 Å². The van der Waals surface area contributed by atoms with E-state index in [2.05, 4.69) is 9.97 Å². The number of nitrogens with zero attached hydrogens (tertiary/aromatic N) is 2. The molecule has 0 atom stereocenters. The molecule has 6 heteroatoms. The van der Waals surface area contributed by atoms with E-state index in [9.17, 15) is 9.18 Å². The topological polar surface area (TPSA) is 72.3 Å². The van der Waals surface area contributed by atoms with E-state index >= 15 is 0 Å². The fraction of sp³-hybridized carbons (Fsp3) is 0.0833.